The smallest absolute Gasteiger partial charge is 0.230 e. The van der Waals surface area contributed by atoms with Gasteiger partial charge in [0.2, 0.25) is 5.91 Å². The number of hydrogen-bond acceptors (Lipinski definition) is 3. The monoisotopic (exact) mass is 287 g/mol. The fourth-order valence-corrected chi connectivity index (χ4v) is 2.36. The molecule has 0 aliphatic heterocycles. The fraction of sp³-hybridized carbons (Fsp3) is 0.462. The normalized spacial score (nSPS) is 14.0. The summed E-state index contributed by atoms with van der Waals surface area (Å²) in [6.45, 7) is 3.69. The van der Waals surface area contributed by atoms with Gasteiger partial charge in [-0.1, -0.05) is 30.7 Å². The molecule has 0 fully saturated rings. The number of amides is 1. The van der Waals surface area contributed by atoms with Gasteiger partial charge in [0, 0.05) is 4.90 Å². The summed E-state index contributed by atoms with van der Waals surface area (Å²) >= 11 is 7.39. The van der Waals surface area contributed by atoms with Crippen LogP contribution >= 0.6 is 23.4 Å². The van der Waals surface area contributed by atoms with E-state index in [2.05, 4.69) is 5.32 Å². The molecule has 100 valence electrons. The number of hydrogen-bond donors (Lipinski definition) is 2. The van der Waals surface area contributed by atoms with Gasteiger partial charge in [-0.15, -0.1) is 11.8 Å². The standard InChI is InChI=1S/C13H18ClNO2S/c1-3-13(2,9-16)15-12(17)8-18-11-7-5-4-6-10(11)14/h4-7,16H,3,8-9H2,1-2H3,(H,15,17). The molecule has 1 aromatic rings. The van der Waals surface area contributed by atoms with Gasteiger partial charge in [0.1, 0.15) is 0 Å². The first-order chi connectivity index (χ1) is 8.50. The van der Waals surface area contributed by atoms with Crippen molar-refractivity contribution in [3.05, 3.63) is 29.3 Å². The molecule has 0 heterocycles. The van der Waals surface area contributed by atoms with Crippen LogP contribution in [0.5, 0.6) is 0 Å². The van der Waals surface area contributed by atoms with E-state index in [1.807, 2.05) is 32.0 Å². The Morgan fingerprint density at radius 3 is 2.72 bits per heavy atom. The van der Waals surface area contributed by atoms with Crippen molar-refractivity contribution in [3.8, 4) is 0 Å². The number of aliphatic hydroxyl groups excluding tert-OH is 1. The zero-order valence-electron chi connectivity index (χ0n) is 10.6. The van der Waals surface area contributed by atoms with Crippen molar-refractivity contribution >= 4 is 29.3 Å². The highest BCUT2D eigenvalue weighted by molar-refractivity contribution is 8.00. The Hall–Kier alpha value is -0.710. The quantitative estimate of drug-likeness (QED) is 0.791. The van der Waals surface area contributed by atoms with E-state index in [0.29, 0.717) is 17.2 Å². The third kappa shape index (κ3) is 4.52. The van der Waals surface area contributed by atoms with E-state index in [1.54, 1.807) is 6.07 Å². The summed E-state index contributed by atoms with van der Waals surface area (Å²) in [7, 11) is 0. The predicted octanol–water partition coefficient (Wildman–Crippen LogP) is 2.71. The van der Waals surface area contributed by atoms with Gasteiger partial charge >= 0.3 is 0 Å². The molecule has 1 unspecified atom stereocenters. The maximum Gasteiger partial charge on any atom is 0.230 e. The van der Waals surface area contributed by atoms with Gasteiger partial charge in [0.15, 0.2) is 0 Å². The van der Waals surface area contributed by atoms with Crippen LogP contribution in [-0.4, -0.2) is 28.9 Å². The summed E-state index contributed by atoms with van der Waals surface area (Å²) in [6.07, 6.45) is 0.687. The van der Waals surface area contributed by atoms with Crippen LogP contribution in [0.2, 0.25) is 5.02 Å². The fourth-order valence-electron chi connectivity index (χ4n) is 1.32. The molecule has 0 bridgehead atoms. The number of aliphatic hydroxyl groups is 1. The van der Waals surface area contributed by atoms with E-state index in [-0.39, 0.29) is 12.5 Å². The zero-order chi connectivity index (χ0) is 13.6. The van der Waals surface area contributed by atoms with Crippen LogP contribution in [0, 0.1) is 0 Å². The van der Waals surface area contributed by atoms with Crippen molar-refractivity contribution in [1.82, 2.24) is 5.32 Å². The number of benzene rings is 1. The number of thioether (sulfide) groups is 1. The molecule has 18 heavy (non-hydrogen) atoms. The average molecular weight is 288 g/mol. The SMILES string of the molecule is CCC(C)(CO)NC(=O)CSc1ccccc1Cl. The average Bonchev–Trinajstić information content (AvgIpc) is 2.37. The number of rotatable bonds is 6. The third-order valence-electron chi connectivity index (χ3n) is 2.77. The van der Waals surface area contributed by atoms with E-state index in [0.717, 1.165) is 4.90 Å². The number of carbonyl (C=O) groups is 1. The van der Waals surface area contributed by atoms with Gasteiger partial charge in [-0.25, -0.2) is 0 Å². The molecule has 0 aliphatic rings. The molecular weight excluding hydrogens is 270 g/mol. The van der Waals surface area contributed by atoms with Gasteiger partial charge in [-0.05, 0) is 25.5 Å². The molecule has 0 aliphatic carbocycles. The van der Waals surface area contributed by atoms with E-state index >= 15 is 0 Å². The maximum absolute atomic E-state index is 11.8. The minimum atomic E-state index is -0.544. The van der Waals surface area contributed by atoms with E-state index < -0.39 is 5.54 Å². The second-order valence-corrected chi connectivity index (χ2v) is 5.76. The third-order valence-corrected chi connectivity index (χ3v) is 4.28. The lowest BCUT2D eigenvalue weighted by molar-refractivity contribution is -0.120. The minimum absolute atomic E-state index is 0.0635. The topological polar surface area (TPSA) is 49.3 Å². The van der Waals surface area contributed by atoms with Gasteiger partial charge in [-0.3, -0.25) is 4.79 Å². The Morgan fingerprint density at radius 1 is 1.50 bits per heavy atom. The molecule has 0 spiro atoms. The highest BCUT2D eigenvalue weighted by Crippen LogP contribution is 2.26. The Morgan fingerprint density at radius 2 is 2.17 bits per heavy atom. The number of nitrogens with one attached hydrogen (secondary N) is 1. The highest BCUT2D eigenvalue weighted by Gasteiger charge is 2.22. The summed E-state index contributed by atoms with van der Waals surface area (Å²) in [4.78, 5) is 12.7. The molecule has 1 atom stereocenters. The summed E-state index contributed by atoms with van der Waals surface area (Å²) in [5, 5.41) is 12.7. The molecule has 3 nitrogen and oxygen atoms in total. The second-order valence-electron chi connectivity index (χ2n) is 4.34. The zero-order valence-corrected chi connectivity index (χ0v) is 12.1. The molecule has 1 aromatic carbocycles. The van der Waals surface area contributed by atoms with Gasteiger partial charge < -0.3 is 10.4 Å². The lowest BCUT2D eigenvalue weighted by Crippen LogP contribution is -2.49. The van der Waals surface area contributed by atoms with Crippen molar-refractivity contribution in [2.45, 2.75) is 30.7 Å². The first kappa shape index (κ1) is 15.3. The highest BCUT2D eigenvalue weighted by atomic mass is 35.5. The van der Waals surface area contributed by atoms with Gasteiger partial charge in [-0.2, -0.15) is 0 Å². The van der Waals surface area contributed by atoms with Gasteiger partial charge in [0.05, 0.1) is 22.9 Å². The van der Waals surface area contributed by atoms with Crippen LogP contribution in [0.1, 0.15) is 20.3 Å². The predicted molar refractivity (Wildman–Crippen MR) is 76.1 cm³/mol. The maximum atomic E-state index is 11.8. The summed E-state index contributed by atoms with van der Waals surface area (Å²) in [5.74, 6) is 0.192. The van der Waals surface area contributed by atoms with Crippen LogP contribution in [0.25, 0.3) is 0 Å². The number of carbonyl (C=O) groups excluding carboxylic acids is 1. The molecule has 0 radical (unpaired) electrons. The lowest BCUT2D eigenvalue weighted by Gasteiger charge is -2.27. The Bertz CT molecular complexity index is 408. The molecule has 0 saturated heterocycles. The second kappa shape index (κ2) is 7.02. The molecule has 0 saturated carbocycles. The van der Waals surface area contributed by atoms with Crippen LogP contribution in [0.4, 0.5) is 0 Å². The molecule has 1 rings (SSSR count). The van der Waals surface area contributed by atoms with Crippen LogP contribution in [0.3, 0.4) is 0 Å². The Kier molecular flexibility index (Phi) is 5.99. The minimum Gasteiger partial charge on any atom is -0.394 e. The van der Waals surface area contributed by atoms with Crippen molar-refractivity contribution < 1.29 is 9.90 Å². The number of halogens is 1. The Balaban J connectivity index is 2.50. The van der Waals surface area contributed by atoms with E-state index in [4.69, 9.17) is 11.6 Å². The summed E-state index contributed by atoms with van der Waals surface area (Å²) in [5.41, 5.74) is -0.544. The lowest BCUT2D eigenvalue weighted by atomic mass is 10.0. The van der Waals surface area contributed by atoms with Crippen molar-refractivity contribution in [2.75, 3.05) is 12.4 Å². The first-order valence-electron chi connectivity index (χ1n) is 5.80. The molecule has 1 amide bonds. The molecule has 5 heteroatoms. The van der Waals surface area contributed by atoms with Crippen molar-refractivity contribution in [1.29, 1.82) is 0 Å². The van der Waals surface area contributed by atoms with Crippen molar-refractivity contribution in [2.24, 2.45) is 0 Å². The summed E-state index contributed by atoms with van der Waals surface area (Å²) in [6, 6.07) is 7.42. The van der Waals surface area contributed by atoms with E-state index in [9.17, 15) is 9.90 Å². The Labute approximate surface area is 117 Å². The van der Waals surface area contributed by atoms with Crippen molar-refractivity contribution in [3.63, 3.8) is 0 Å². The van der Waals surface area contributed by atoms with Gasteiger partial charge in [0.25, 0.3) is 0 Å². The van der Waals surface area contributed by atoms with Crippen LogP contribution < -0.4 is 5.32 Å². The van der Waals surface area contributed by atoms with Crippen LogP contribution in [0.15, 0.2) is 29.2 Å². The summed E-state index contributed by atoms with van der Waals surface area (Å²) < 4.78 is 0. The molecule has 0 aromatic heterocycles. The first-order valence-corrected chi connectivity index (χ1v) is 7.16. The molecule has 2 N–H and O–H groups in total. The van der Waals surface area contributed by atoms with E-state index in [1.165, 1.54) is 11.8 Å². The molecular formula is C13H18ClNO2S. The largest absolute Gasteiger partial charge is 0.394 e. The van der Waals surface area contributed by atoms with Crippen LogP contribution in [-0.2, 0) is 4.79 Å².